The van der Waals surface area contributed by atoms with Crippen molar-refractivity contribution in [3.05, 3.63) is 41.6 Å². The number of esters is 1. The number of carbonyl (C=O) groups is 1. The number of nitrogen functional groups attached to an aromatic ring is 1. The zero-order valence-corrected chi connectivity index (χ0v) is 9.92. The minimum absolute atomic E-state index is 0.0367. The summed E-state index contributed by atoms with van der Waals surface area (Å²) in [6, 6.07) is 5.61. The number of aromatic nitrogens is 2. The second kappa shape index (κ2) is 4.78. The van der Waals surface area contributed by atoms with Crippen LogP contribution in [0.25, 0.3) is 5.69 Å². The average molecular weight is 260 g/mol. The van der Waals surface area contributed by atoms with E-state index in [9.17, 15) is 9.18 Å². The molecule has 0 saturated carbocycles. The topological polar surface area (TPSA) is 93.9 Å². The van der Waals surface area contributed by atoms with Gasteiger partial charge in [-0.25, -0.2) is 14.2 Å². The summed E-state index contributed by atoms with van der Waals surface area (Å²) in [5.41, 5.74) is 6.04. The van der Waals surface area contributed by atoms with Crippen molar-refractivity contribution in [2.45, 2.75) is 0 Å². The van der Waals surface area contributed by atoms with Crippen LogP contribution in [0.15, 0.2) is 24.5 Å². The molecular formula is C12H9FN4O2. The fourth-order valence-corrected chi connectivity index (χ4v) is 1.57. The number of ether oxygens (including phenoxy) is 1. The van der Waals surface area contributed by atoms with Gasteiger partial charge in [-0.15, -0.1) is 0 Å². The first kappa shape index (κ1) is 12.6. The minimum Gasteiger partial charge on any atom is -0.464 e. The third-order valence-electron chi connectivity index (χ3n) is 2.53. The first-order chi connectivity index (χ1) is 9.08. The molecule has 0 spiro atoms. The Morgan fingerprint density at radius 3 is 2.95 bits per heavy atom. The number of nitrogens with zero attached hydrogens (tertiary/aromatic N) is 3. The summed E-state index contributed by atoms with van der Waals surface area (Å²) >= 11 is 0. The van der Waals surface area contributed by atoms with Gasteiger partial charge in [0.2, 0.25) is 0 Å². The number of carbonyl (C=O) groups excluding carboxylic acids is 1. The van der Waals surface area contributed by atoms with E-state index in [2.05, 4.69) is 9.72 Å². The van der Waals surface area contributed by atoms with Gasteiger partial charge >= 0.3 is 5.97 Å². The molecule has 0 aliphatic heterocycles. The molecule has 7 heteroatoms. The number of anilines is 1. The Morgan fingerprint density at radius 1 is 1.58 bits per heavy atom. The van der Waals surface area contributed by atoms with Crippen molar-refractivity contribution in [1.82, 2.24) is 9.55 Å². The molecule has 6 nitrogen and oxygen atoms in total. The van der Waals surface area contributed by atoms with E-state index >= 15 is 0 Å². The molecule has 0 aliphatic rings. The number of benzene rings is 1. The van der Waals surface area contributed by atoms with Gasteiger partial charge in [-0.1, -0.05) is 0 Å². The number of methoxy groups -OCH3 is 1. The van der Waals surface area contributed by atoms with Gasteiger partial charge in [0, 0.05) is 0 Å². The standard InChI is InChI=1S/C12H9FN4O2/c1-19-12(18)10-11(15)17(6-16-10)8-2-3-9(13)7(4-8)5-14/h2-4,6H,15H2,1H3. The van der Waals surface area contributed by atoms with Crippen LogP contribution in [-0.2, 0) is 4.74 Å². The summed E-state index contributed by atoms with van der Waals surface area (Å²) in [4.78, 5) is 15.2. The minimum atomic E-state index is -0.668. The van der Waals surface area contributed by atoms with Crippen molar-refractivity contribution >= 4 is 11.8 Å². The van der Waals surface area contributed by atoms with E-state index in [1.807, 2.05) is 0 Å². The molecule has 0 atom stereocenters. The van der Waals surface area contributed by atoms with E-state index in [0.29, 0.717) is 5.69 Å². The fraction of sp³-hybridized carbons (Fsp3) is 0.0833. The maximum Gasteiger partial charge on any atom is 0.360 e. The first-order valence-electron chi connectivity index (χ1n) is 5.19. The molecule has 2 N–H and O–H groups in total. The maximum atomic E-state index is 13.2. The summed E-state index contributed by atoms with van der Waals surface area (Å²) < 4.78 is 19.1. The van der Waals surface area contributed by atoms with Crippen LogP contribution >= 0.6 is 0 Å². The predicted molar refractivity (Wildman–Crippen MR) is 64.0 cm³/mol. The average Bonchev–Trinajstić information content (AvgIpc) is 2.80. The third-order valence-corrected chi connectivity index (χ3v) is 2.53. The van der Waals surface area contributed by atoms with E-state index in [-0.39, 0.29) is 17.1 Å². The van der Waals surface area contributed by atoms with Crippen molar-refractivity contribution in [2.24, 2.45) is 0 Å². The summed E-state index contributed by atoms with van der Waals surface area (Å²) in [6.45, 7) is 0. The van der Waals surface area contributed by atoms with Gasteiger partial charge in [0.15, 0.2) is 5.69 Å². The number of nitrogens with two attached hydrogens (primary N) is 1. The van der Waals surface area contributed by atoms with Gasteiger partial charge in [0.05, 0.1) is 18.4 Å². The molecule has 96 valence electrons. The number of imidazole rings is 1. The van der Waals surface area contributed by atoms with Gasteiger partial charge in [0.25, 0.3) is 0 Å². The first-order valence-corrected chi connectivity index (χ1v) is 5.19. The maximum absolute atomic E-state index is 13.2. The largest absolute Gasteiger partial charge is 0.464 e. The van der Waals surface area contributed by atoms with Crippen LogP contribution in [0.3, 0.4) is 0 Å². The fourth-order valence-electron chi connectivity index (χ4n) is 1.57. The molecule has 0 fully saturated rings. The number of rotatable bonds is 2. The molecule has 0 bridgehead atoms. The van der Waals surface area contributed by atoms with Crippen LogP contribution in [0.2, 0.25) is 0 Å². The Hall–Kier alpha value is -2.88. The molecule has 1 aromatic carbocycles. The number of hydrogen-bond acceptors (Lipinski definition) is 5. The number of nitriles is 1. The summed E-state index contributed by atoms with van der Waals surface area (Å²) in [6.07, 6.45) is 1.30. The highest BCUT2D eigenvalue weighted by Crippen LogP contribution is 2.19. The lowest BCUT2D eigenvalue weighted by atomic mass is 10.2. The van der Waals surface area contributed by atoms with Gasteiger partial charge in [-0.2, -0.15) is 5.26 Å². The molecule has 19 heavy (non-hydrogen) atoms. The van der Waals surface area contributed by atoms with E-state index < -0.39 is 11.8 Å². The van der Waals surface area contributed by atoms with Crippen molar-refractivity contribution in [3.8, 4) is 11.8 Å². The van der Waals surface area contributed by atoms with E-state index in [1.54, 1.807) is 6.07 Å². The molecule has 0 saturated heterocycles. The van der Waals surface area contributed by atoms with E-state index in [1.165, 1.54) is 30.1 Å². The van der Waals surface area contributed by atoms with Crippen LogP contribution in [-0.4, -0.2) is 22.6 Å². The highest BCUT2D eigenvalue weighted by molar-refractivity contribution is 5.92. The smallest absolute Gasteiger partial charge is 0.360 e. The second-order valence-electron chi connectivity index (χ2n) is 3.62. The summed E-state index contributed by atoms with van der Waals surface area (Å²) in [5, 5.41) is 8.77. The molecular weight excluding hydrogens is 251 g/mol. The molecule has 1 aromatic heterocycles. The number of hydrogen-bond donors (Lipinski definition) is 1. The van der Waals surface area contributed by atoms with E-state index in [0.717, 1.165) is 6.07 Å². The third kappa shape index (κ3) is 2.11. The molecule has 0 unspecified atom stereocenters. The Bertz CT molecular complexity index is 688. The lowest BCUT2D eigenvalue weighted by Gasteiger charge is -2.06. The van der Waals surface area contributed by atoms with Crippen molar-refractivity contribution < 1.29 is 13.9 Å². The molecule has 2 rings (SSSR count). The van der Waals surface area contributed by atoms with Gasteiger partial charge in [0.1, 0.15) is 24.0 Å². The lowest BCUT2D eigenvalue weighted by Crippen LogP contribution is -2.07. The van der Waals surface area contributed by atoms with Crippen LogP contribution in [0.1, 0.15) is 16.1 Å². The monoisotopic (exact) mass is 260 g/mol. The molecule has 0 aliphatic carbocycles. The van der Waals surface area contributed by atoms with Crippen molar-refractivity contribution in [3.63, 3.8) is 0 Å². The quantitative estimate of drug-likeness (QED) is 0.820. The zero-order valence-electron chi connectivity index (χ0n) is 9.92. The van der Waals surface area contributed by atoms with Crippen molar-refractivity contribution in [1.29, 1.82) is 5.26 Å². The number of halogens is 1. The highest BCUT2D eigenvalue weighted by atomic mass is 19.1. The Labute approximate surface area is 107 Å². The van der Waals surface area contributed by atoms with Crippen molar-refractivity contribution in [2.75, 3.05) is 12.8 Å². The Morgan fingerprint density at radius 2 is 2.32 bits per heavy atom. The molecule has 0 radical (unpaired) electrons. The van der Waals surface area contributed by atoms with Gasteiger partial charge in [-0.05, 0) is 18.2 Å². The molecule has 1 heterocycles. The summed E-state index contributed by atoms with van der Waals surface area (Å²) in [5.74, 6) is -1.24. The lowest BCUT2D eigenvalue weighted by molar-refractivity contribution is 0.0596. The Kier molecular flexibility index (Phi) is 3.16. The van der Waals surface area contributed by atoms with Crippen LogP contribution < -0.4 is 5.73 Å². The van der Waals surface area contributed by atoms with Crippen LogP contribution in [0.5, 0.6) is 0 Å². The zero-order chi connectivity index (χ0) is 14.0. The Balaban J connectivity index is 2.52. The predicted octanol–water partition coefficient (Wildman–Crippen LogP) is 1.25. The van der Waals surface area contributed by atoms with E-state index in [4.69, 9.17) is 11.0 Å². The normalized spacial score (nSPS) is 9.95. The summed E-state index contributed by atoms with van der Waals surface area (Å²) in [7, 11) is 1.21. The van der Waals surface area contributed by atoms with Gasteiger partial charge < -0.3 is 10.5 Å². The van der Waals surface area contributed by atoms with Crippen LogP contribution in [0, 0.1) is 17.1 Å². The highest BCUT2D eigenvalue weighted by Gasteiger charge is 2.17. The SMILES string of the molecule is COC(=O)c1ncn(-c2ccc(F)c(C#N)c2)c1N. The molecule has 2 aromatic rings. The molecule has 0 amide bonds. The van der Waals surface area contributed by atoms with Crippen LogP contribution in [0.4, 0.5) is 10.2 Å². The van der Waals surface area contributed by atoms with Gasteiger partial charge in [-0.3, -0.25) is 4.57 Å². The second-order valence-corrected chi connectivity index (χ2v) is 3.62.